The lowest BCUT2D eigenvalue weighted by atomic mass is 9.90. The Hall–Kier alpha value is -2.53. The number of aryl methyl sites for hydroxylation is 1. The van der Waals surface area contributed by atoms with Gasteiger partial charge < -0.3 is 14.0 Å². The molecule has 1 aliphatic rings. The molecular weight excluding hydrogens is 338 g/mol. The van der Waals surface area contributed by atoms with Gasteiger partial charge in [-0.2, -0.15) is 0 Å². The van der Waals surface area contributed by atoms with Crippen LogP contribution in [0.15, 0.2) is 47.9 Å². The molecule has 4 rings (SSSR count). The van der Waals surface area contributed by atoms with Crippen molar-refractivity contribution < 1.29 is 9.57 Å². The molecule has 1 aliphatic carbocycles. The van der Waals surface area contributed by atoms with Crippen molar-refractivity contribution in [3.05, 3.63) is 64.6 Å². The van der Waals surface area contributed by atoms with Crippen LogP contribution in [0, 0.1) is 0 Å². The van der Waals surface area contributed by atoms with E-state index in [4.69, 9.17) is 21.2 Å². The Labute approximate surface area is 150 Å². The second kappa shape index (κ2) is 6.76. The molecule has 0 saturated heterocycles. The maximum Gasteiger partial charge on any atom is 0.160 e. The summed E-state index contributed by atoms with van der Waals surface area (Å²) >= 11 is 5.99. The van der Waals surface area contributed by atoms with E-state index in [9.17, 15) is 0 Å². The Bertz CT molecular complexity index is 949. The van der Waals surface area contributed by atoms with Crippen molar-refractivity contribution in [1.29, 1.82) is 0 Å². The molecular formula is C19H18ClN3O2. The molecule has 2 heterocycles. The molecule has 0 bridgehead atoms. The number of rotatable bonds is 4. The van der Waals surface area contributed by atoms with Crippen molar-refractivity contribution in [2.75, 3.05) is 7.11 Å². The number of methoxy groups -OCH3 is 1. The number of fused-ring (bicyclic) bond motifs is 2. The van der Waals surface area contributed by atoms with Gasteiger partial charge in [0.1, 0.15) is 11.4 Å². The first-order chi connectivity index (χ1) is 12.2. The summed E-state index contributed by atoms with van der Waals surface area (Å²) in [5.41, 5.74) is 5.04. The van der Waals surface area contributed by atoms with Crippen LogP contribution in [0.2, 0.25) is 5.02 Å². The van der Waals surface area contributed by atoms with Gasteiger partial charge in [-0.05, 0) is 55.2 Å². The topological polar surface area (TPSA) is 48.1 Å². The molecule has 128 valence electrons. The predicted molar refractivity (Wildman–Crippen MR) is 97.5 cm³/mol. The van der Waals surface area contributed by atoms with Crippen LogP contribution in [-0.2, 0) is 17.9 Å². The lowest BCUT2D eigenvalue weighted by Gasteiger charge is -2.18. The Morgan fingerprint density at radius 3 is 3.00 bits per heavy atom. The second-order valence-corrected chi connectivity index (χ2v) is 6.47. The summed E-state index contributed by atoms with van der Waals surface area (Å²) in [6.07, 6.45) is 6.75. The predicted octanol–water partition coefficient (Wildman–Crippen LogP) is 4.25. The molecule has 25 heavy (non-hydrogen) atoms. The Kier molecular flexibility index (Phi) is 4.32. The molecule has 0 radical (unpaired) electrons. The van der Waals surface area contributed by atoms with Crippen molar-refractivity contribution in [2.24, 2.45) is 5.16 Å². The summed E-state index contributed by atoms with van der Waals surface area (Å²) in [6.45, 7) is 0.328. The van der Waals surface area contributed by atoms with Gasteiger partial charge in [0.2, 0.25) is 0 Å². The number of aromatic nitrogens is 2. The van der Waals surface area contributed by atoms with E-state index in [2.05, 4.69) is 22.3 Å². The number of pyridine rings is 1. The molecule has 5 nitrogen and oxygen atoms in total. The molecule has 0 saturated carbocycles. The van der Waals surface area contributed by atoms with Gasteiger partial charge in [-0.3, -0.25) is 0 Å². The van der Waals surface area contributed by atoms with Crippen LogP contribution in [0.25, 0.3) is 5.65 Å². The fourth-order valence-corrected chi connectivity index (χ4v) is 3.29. The summed E-state index contributed by atoms with van der Waals surface area (Å²) in [4.78, 5) is 10.1. The third kappa shape index (κ3) is 3.33. The van der Waals surface area contributed by atoms with E-state index >= 15 is 0 Å². The van der Waals surface area contributed by atoms with E-state index in [0.717, 1.165) is 47.6 Å². The van der Waals surface area contributed by atoms with Crippen molar-refractivity contribution in [3.8, 4) is 5.75 Å². The van der Waals surface area contributed by atoms with Crippen molar-refractivity contribution in [2.45, 2.75) is 25.9 Å². The summed E-state index contributed by atoms with van der Waals surface area (Å²) in [6, 6.07) is 9.80. The van der Waals surface area contributed by atoms with Crippen LogP contribution in [0.1, 0.15) is 29.7 Å². The fraction of sp³-hybridized carbons (Fsp3) is 0.263. The number of oxime groups is 1. The molecule has 6 heteroatoms. The lowest BCUT2D eigenvalue weighted by molar-refractivity contribution is 0.127. The van der Waals surface area contributed by atoms with E-state index in [1.54, 1.807) is 7.11 Å². The highest BCUT2D eigenvalue weighted by Crippen LogP contribution is 2.26. The van der Waals surface area contributed by atoms with Crippen LogP contribution in [0.3, 0.4) is 0 Å². The van der Waals surface area contributed by atoms with E-state index in [1.165, 1.54) is 5.56 Å². The third-order valence-electron chi connectivity index (χ3n) is 4.34. The SMILES string of the molecule is COc1ccc2c(c1)CCC/C2=N/OCc1cn2cc(Cl)ccc2n1. The molecule has 0 fully saturated rings. The van der Waals surface area contributed by atoms with Gasteiger partial charge in [0, 0.05) is 18.0 Å². The first-order valence-corrected chi connectivity index (χ1v) is 8.60. The number of benzene rings is 1. The number of nitrogens with zero attached hydrogens (tertiary/aromatic N) is 3. The normalized spacial score (nSPS) is 15.4. The van der Waals surface area contributed by atoms with Crippen LogP contribution in [0.4, 0.5) is 0 Å². The average molecular weight is 356 g/mol. The van der Waals surface area contributed by atoms with Gasteiger partial charge in [0.05, 0.1) is 23.5 Å². The third-order valence-corrected chi connectivity index (χ3v) is 4.56. The first-order valence-electron chi connectivity index (χ1n) is 8.22. The summed E-state index contributed by atoms with van der Waals surface area (Å²) in [5.74, 6) is 0.879. The quantitative estimate of drug-likeness (QED) is 0.657. The van der Waals surface area contributed by atoms with Crippen LogP contribution >= 0.6 is 11.6 Å². The smallest absolute Gasteiger partial charge is 0.160 e. The minimum atomic E-state index is 0.328. The first kappa shape index (κ1) is 16.0. The zero-order valence-electron chi connectivity index (χ0n) is 13.9. The standard InChI is InChI=1S/C19H18ClN3O2/c1-24-16-6-7-17-13(9-16)3-2-4-18(17)22-25-12-15-11-23-10-14(20)5-8-19(23)21-15/h5-11H,2-4,12H2,1H3/b22-18-. The fourth-order valence-electron chi connectivity index (χ4n) is 3.12. The van der Waals surface area contributed by atoms with Gasteiger partial charge in [-0.15, -0.1) is 0 Å². The summed E-state index contributed by atoms with van der Waals surface area (Å²) < 4.78 is 7.19. The Morgan fingerprint density at radius 1 is 1.20 bits per heavy atom. The van der Waals surface area contributed by atoms with Crippen LogP contribution in [0.5, 0.6) is 5.75 Å². The highest BCUT2D eigenvalue weighted by atomic mass is 35.5. The van der Waals surface area contributed by atoms with E-state index < -0.39 is 0 Å². The molecule has 3 aromatic rings. The number of halogens is 1. The molecule has 1 aromatic carbocycles. The summed E-state index contributed by atoms with van der Waals surface area (Å²) in [5, 5.41) is 5.04. The molecule has 0 unspecified atom stereocenters. The van der Waals surface area contributed by atoms with E-state index in [0.29, 0.717) is 11.6 Å². The van der Waals surface area contributed by atoms with Crippen molar-refractivity contribution in [1.82, 2.24) is 9.38 Å². The number of imidazole rings is 1. The molecule has 0 spiro atoms. The number of hydrogen-bond donors (Lipinski definition) is 0. The average Bonchev–Trinajstić information content (AvgIpc) is 3.03. The maximum atomic E-state index is 5.99. The highest BCUT2D eigenvalue weighted by Gasteiger charge is 2.17. The van der Waals surface area contributed by atoms with Gasteiger partial charge in [-0.25, -0.2) is 4.98 Å². The van der Waals surface area contributed by atoms with E-state index in [-0.39, 0.29) is 0 Å². The van der Waals surface area contributed by atoms with E-state index in [1.807, 2.05) is 35.0 Å². The molecule has 0 atom stereocenters. The van der Waals surface area contributed by atoms with Crippen molar-refractivity contribution in [3.63, 3.8) is 0 Å². The van der Waals surface area contributed by atoms with Crippen molar-refractivity contribution >= 4 is 23.0 Å². The molecule has 2 aromatic heterocycles. The highest BCUT2D eigenvalue weighted by molar-refractivity contribution is 6.30. The molecule has 0 aliphatic heterocycles. The number of ether oxygens (including phenoxy) is 1. The minimum Gasteiger partial charge on any atom is -0.497 e. The molecule has 0 N–H and O–H groups in total. The van der Waals surface area contributed by atoms with Gasteiger partial charge >= 0.3 is 0 Å². The summed E-state index contributed by atoms with van der Waals surface area (Å²) in [7, 11) is 1.69. The maximum absolute atomic E-state index is 5.99. The van der Waals surface area contributed by atoms with Gasteiger partial charge in [0.15, 0.2) is 6.61 Å². The molecule has 0 amide bonds. The van der Waals surface area contributed by atoms with Crippen LogP contribution in [-0.4, -0.2) is 22.2 Å². The monoisotopic (exact) mass is 355 g/mol. The van der Waals surface area contributed by atoms with Crippen LogP contribution < -0.4 is 4.74 Å². The number of hydrogen-bond acceptors (Lipinski definition) is 4. The lowest BCUT2D eigenvalue weighted by Crippen LogP contribution is -2.12. The van der Waals surface area contributed by atoms with Gasteiger partial charge in [-0.1, -0.05) is 16.8 Å². The van der Waals surface area contributed by atoms with Gasteiger partial charge in [0.25, 0.3) is 0 Å². The second-order valence-electron chi connectivity index (χ2n) is 6.03. The zero-order valence-corrected chi connectivity index (χ0v) is 14.7. The largest absolute Gasteiger partial charge is 0.497 e. The zero-order chi connectivity index (χ0) is 17.2. The Morgan fingerprint density at radius 2 is 2.12 bits per heavy atom. The Balaban J connectivity index is 1.50. The minimum absolute atomic E-state index is 0.328.